The van der Waals surface area contributed by atoms with Gasteiger partial charge in [0, 0.05) is 82.3 Å². The summed E-state index contributed by atoms with van der Waals surface area (Å²) in [6.07, 6.45) is 5.07. The summed E-state index contributed by atoms with van der Waals surface area (Å²) in [5.41, 5.74) is 13.1. The Labute approximate surface area is 276 Å². The lowest BCUT2D eigenvalue weighted by Gasteiger charge is -2.15. The summed E-state index contributed by atoms with van der Waals surface area (Å²) in [4.78, 5) is 44.0. The number of fused-ring (bicyclic) bond motifs is 8. The summed E-state index contributed by atoms with van der Waals surface area (Å²) in [7, 11) is 3.96. The van der Waals surface area contributed by atoms with Crippen LogP contribution in [0.2, 0.25) is 0 Å². The molecule has 1 amide bonds. The average Bonchev–Trinajstić information content (AvgIpc) is 3.67. The minimum Gasteiger partial charge on any atom is -0.481 e. The van der Waals surface area contributed by atoms with Crippen LogP contribution < -0.4 is 5.32 Å². The van der Waals surface area contributed by atoms with E-state index in [0.717, 1.165) is 84.8 Å². The quantitative estimate of drug-likeness (QED) is 0.175. The molecule has 9 nitrogen and oxygen atoms in total. The minimum atomic E-state index is -0.832. The van der Waals surface area contributed by atoms with E-state index in [0.29, 0.717) is 25.8 Å². The summed E-state index contributed by atoms with van der Waals surface area (Å²) < 4.78 is 0. The van der Waals surface area contributed by atoms with E-state index in [1.165, 1.54) is 0 Å². The summed E-state index contributed by atoms with van der Waals surface area (Å²) >= 11 is 0. The van der Waals surface area contributed by atoms with Gasteiger partial charge >= 0.3 is 5.97 Å². The van der Waals surface area contributed by atoms with Gasteiger partial charge in [-0.2, -0.15) is 0 Å². The molecule has 0 radical (unpaired) electrons. The van der Waals surface area contributed by atoms with Crippen LogP contribution >= 0.6 is 0 Å². The second-order valence-electron chi connectivity index (χ2n) is 12.9. The molecule has 2 atom stereocenters. The molecule has 2 unspecified atom stereocenters. The third-order valence-corrected chi connectivity index (χ3v) is 9.54. The summed E-state index contributed by atoms with van der Waals surface area (Å²) in [5, 5.41) is 12.6. The topological polar surface area (TPSA) is 127 Å². The van der Waals surface area contributed by atoms with Gasteiger partial charge in [0.1, 0.15) is 0 Å². The number of rotatable bonds is 11. The van der Waals surface area contributed by atoms with Gasteiger partial charge in [0.05, 0.1) is 11.4 Å². The monoisotopic (exact) mass is 634 g/mol. The number of hydrogen-bond acceptors (Lipinski definition) is 5. The number of carbonyl (C=O) groups excluding carboxylic acids is 1. The van der Waals surface area contributed by atoms with Crippen molar-refractivity contribution >= 4 is 57.2 Å². The van der Waals surface area contributed by atoms with E-state index in [4.69, 9.17) is 9.97 Å². The van der Waals surface area contributed by atoms with Gasteiger partial charge in [0.25, 0.3) is 0 Å². The number of carboxylic acids is 1. The molecule has 2 aliphatic rings. The number of aromatic nitrogens is 4. The average molecular weight is 635 g/mol. The number of allylic oxidation sites excluding steroid dienone is 2. The molecule has 5 heterocycles. The molecular weight excluding hydrogens is 588 g/mol. The molecule has 8 bridgehead atoms. The van der Waals surface area contributed by atoms with E-state index in [9.17, 15) is 14.7 Å². The predicted molar refractivity (Wildman–Crippen MR) is 192 cm³/mol. The van der Waals surface area contributed by atoms with Crippen LogP contribution in [-0.4, -0.2) is 69.0 Å². The zero-order valence-corrected chi connectivity index (χ0v) is 28.4. The van der Waals surface area contributed by atoms with Crippen LogP contribution in [0.5, 0.6) is 0 Å². The maximum absolute atomic E-state index is 12.8. The fourth-order valence-corrected chi connectivity index (χ4v) is 6.64. The van der Waals surface area contributed by atoms with Crippen LogP contribution in [0.4, 0.5) is 0 Å². The van der Waals surface area contributed by atoms with Gasteiger partial charge in [-0.25, -0.2) is 4.98 Å². The summed E-state index contributed by atoms with van der Waals surface area (Å²) in [6, 6.07) is 8.24. The van der Waals surface area contributed by atoms with Crippen molar-refractivity contribution in [2.24, 2.45) is 0 Å². The molecule has 2 aliphatic heterocycles. The highest BCUT2D eigenvalue weighted by Gasteiger charge is 2.30. The van der Waals surface area contributed by atoms with Crippen molar-refractivity contribution in [1.29, 1.82) is 0 Å². The fraction of sp³-hybridized carbons (Fsp3) is 0.368. The van der Waals surface area contributed by atoms with Crippen molar-refractivity contribution in [2.75, 3.05) is 27.2 Å². The van der Waals surface area contributed by atoms with Gasteiger partial charge in [0.15, 0.2) is 0 Å². The van der Waals surface area contributed by atoms with E-state index < -0.39 is 5.97 Å². The van der Waals surface area contributed by atoms with E-state index in [1.54, 1.807) is 0 Å². The van der Waals surface area contributed by atoms with Crippen LogP contribution in [0, 0.1) is 13.8 Å². The highest BCUT2D eigenvalue weighted by molar-refractivity contribution is 5.94. The predicted octanol–water partition coefficient (Wildman–Crippen LogP) is 7.36. The summed E-state index contributed by atoms with van der Waals surface area (Å²) in [6.45, 7) is 17.8. The van der Waals surface area contributed by atoms with Crippen molar-refractivity contribution in [2.45, 2.75) is 65.2 Å². The van der Waals surface area contributed by atoms with Crippen molar-refractivity contribution in [3.63, 3.8) is 0 Å². The number of likely N-dealkylation sites (N-methyl/N-ethyl adjacent to an activating group) is 1. The Morgan fingerprint density at radius 2 is 1.53 bits per heavy atom. The second-order valence-corrected chi connectivity index (χ2v) is 12.9. The number of aromatic amines is 2. The molecule has 0 aliphatic carbocycles. The second kappa shape index (κ2) is 13.9. The van der Waals surface area contributed by atoms with Gasteiger partial charge in [-0.1, -0.05) is 32.2 Å². The van der Waals surface area contributed by atoms with Crippen LogP contribution in [0.15, 0.2) is 37.4 Å². The maximum atomic E-state index is 12.8. The van der Waals surface area contributed by atoms with Gasteiger partial charge in [-0.3, -0.25) is 14.6 Å². The van der Waals surface area contributed by atoms with Gasteiger partial charge in [-0.05, 0) is 94.2 Å². The Morgan fingerprint density at radius 1 is 0.894 bits per heavy atom. The van der Waals surface area contributed by atoms with Crippen LogP contribution in [0.25, 0.3) is 45.4 Å². The number of aryl methyl sites for hydroxylation is 2. The lowest BCUT2D eigenvalue weighted by molar-refractivity contribution is -0.137. The first-order valence-electron chi connectivity index (χ1n) is 16.3. The first-order chi connectivity index (χ1) is 22.4. The standard InChI is InChI=1S/C38H46N6O3/c1-9-25-21(3)29-17-30-24(6)28(12-14-38(46)47)36(42-30)20-35-27(11-13-37(45)39-15-16-44(7)8)23(5)32(43-35)19-34-26(10-2)22(4)31(41-34)18-33(25)40-29/h9-10,17-20,24,28,40-41H,1-2,11-16H2,3-8H3,(H,39,45)(H,46,47). The molecule has 47 heavy (non-hydrogen) atoms. The zero-order valence-electron chi connectivity index (χ0n) is 28.4. The molecular formula is C38H46N6O3. The molecule has 3 aromatic rings. The van der Waals surface area contributed by atoms with E-state index in [1.807, 2.05) is 50.2 Å². The largest absolute Gasteiger partial charge is 0.481 e. The number of carboxylic acid groups (broad SMARTS) is 1. The number of nitrogens with zero attached hydrogens (tertiary/aromatic N) is 3. The lowest BCUT2D eigenvalue weighted by atomic mass is 9.87. The highest BCUT2D eigenvalue weighted by atomic mass is 16.4. The molecule has 0 saturated heterocycles. The SMILES string of the molecule is C=Cc1c(C)c2cc3[nH]c(cc4nc(cc5nc(cc1[nH]2)C(C)=C5CCC(=O)NCCN(C)C)C(CCC(=O)O)C4C)c(C)c3C=C. The highest BCUT2D eigenvalue weighted by Crippen LogP contribution is 2.41. The van der Waals surface area contributed by atoms with Crippen molar-refractivity contribution in [1.82, 2.24) is 30.2 Å². The lowest BCUT2D eigenvalue weighted by Crippen LogP contribution is -2.31. The van der Waals surface area contributed by atoms with Crippen molar-refractivity contribution in [3.8, 4) is 0 Å². The Hall–Kier alpha value is -4.76. The number of hydrogen-bond donors (Lipinski definition) is 4. The van der Waals surface area contributed by atoms with E-state index >= 15 is 0 Å². The Kier molecular flexibility index (Phi) is 9.96. The zero-order chi connectivity index (χ0) is 34.0. The van der Waals surface area contributed by atoms with Crippen LogP contribution in [0.3, 0.4) is 0 Å². The fourth-order valence-electron chi connectivity index (χ4n) is 6.64. The Morgan fingerprint density at radius 3 is 2.15 bits per heavy atom. The maximum Gasteiger partial charge on any atom is 0.303 e. The third kappa shape index (κ3) is 7.00. The van der Waals surface area contributed by atoms with Gasteiger partial charge < -0.3 is 25.3 Å². The molecule has 0 spiro atoms. The molecule has 3 aromatic heterocycles. The van der Waals surface area contributed by atoms with Crippen LogP contribution in [0.1, 0.15) is 96.4 Å². The van der Waals surface area contributed by atoms with E-state index in [-0.39, 0.29) is 24.2 Å². The number of amides is 1. The number of nitrogens with one attached hydrogen (secondary N) is 3. The smallest absolute Gasteiger partial charge is 0.303 e. The number of H-pyrrole nitrogens is 2. The molecule has 0 fully saturated rings. The molecule has 0 aromatic carbocycles. The van der Waals surface area contributed by atoms with Gasteiger partial charge in [0.2, 0.25) is 5.91 Å². The molecule has 0 saturated carbocycles. The molecule has 9 heteroatoms. The number of carbonyl (C=O) groups is 2. The van der Waals surface area contributed by atoms with Gasteiger partial charge in [-0.15, -0.1) is 0 Å². The first-order valence-corrected chi connectivity index (χ1v) is 16.3. The summed E-state index contributed by atoms with van der Waals surface area (Å²) in [5.74, 6) is -0.941. The van der Waals surface area contributed by atoms with Crippen LogP contribution in [-0.2, 0) is 9.59 Å². The molecule has 5 rings (SSSR count). The minimum absolute atomic E-state index is 0.00505. The Balaban J connectivity index is 1.76. The van der Waals surface area contributed by atoms with Crippen molar-refractivity contribution < 1.29 is 14.7 Å². The molecule has 246 valence electrons. The molecule has 4 N–H and O–H groups in total. The normalized spacial score (nSPS) is 16.1. The number of aliphatic carboxylic acids is 1. The van der Waals surface area contributed by atoms with E-state index in [2.05, 4.69) is 61.3 Å². The Bertz CT molecular complexity index is 1940. The first kappa shape index (κ1) is 33.6. The van der Waals surface area contributed by atoms with Crippen molar-refractivity contribution in [3.05, 3.63) is 82.5 Å². The third-order valence-electron chi connectivity index (χ3n) is 9.54.